The minimum atomic E-state index is -1.13. The van der Waals surface area contributed by atoms with Gasteiger partial charge in [-0.05, 0) is 12.1 Å². The van der Waals surface area contributed by atoms with Gasteiger partial charge < -0.3 is 20.5 Å². The van der Waals surface area contributed by atoms with Gasteiger partial charge in [0.1, 0.15) is 18.2 Å². The number of carboxylic acid groups (broad SMARTS) is 1. The average Bonchev–Trinajstić information content (AvgIpc) is 2.37. The molecule has 7 heteroatoms. The van der Waals surface area contributed by atoms with Crippen molar-refractivity contribution in [3.63, 3.8) is 0 Å². The maximum Gasteiger partial charge on any atom is 0.305 e. The van der Waals surface area contributed by atoms with E-state index in [0.29, 0.717) is 5.75 Å². The monoisotopic (exact) mass is 284 g/mol. The summed E-state index contributed by atoms with van der Waals surface area (Å²) in [7, 11) is 1.50. The first-order valence-electron chi connectivity index (χ1n) is 6.01. The van der Waals surface area contributed by atoms with Crippen LogP contribution in [0.4, 0.5) is 4.39 Å². The molecule has 0 radical (unpaired) electrons. The summed E-state index contributed by atoms with van der Waals surface area (Å²) in [4.78, 5) is 23.4. The summed E-state index contributed by atoms with van der Waals surface area (Å²) in [6.45, 7) is 0.383. The van der Waals surface area contributed by atoms with Crippen LogP contribution in [0.2, 0.25) is 0 Å². The fraction of sp³-hybridized carbons (Fsp3) is 0.385. The number of hydrogen-bond acceptors (Lipinski definition) is 4. The van der Waals surface area contributed by atoms with Crippen LogP contribution in [0.1, 0.15) is 6.42 Å². The van der Waals surface area contributed by atoms with Crippen LogP contribution in [0, 0.1) is 5.82 Å². The van der Waals surface area contributed by atoms with Crippen molar-refractivity contribution in [2.45, 2.75) is 12.5 Å². The Balaban J connectivity index is 2.37. The highest BCUT2D eigenvalue weighted by molar-refractivity contribution is 5.85. The molecule has 1 aromatic rings. The molecule has 0 aliphatic rings. The normalized spacial score (nSPS) is 11.8. The number of nitrogens with zero attached hydrogens (tertiary/aromatic N) is 1. The van der Waals surface area contributed by atoms with Crippen molar-refractivity contribution < 1.29 is 23.8 Å². The summed E-state index contributed by atoms with van der Waals surface area (Å²) < 4.78 is 18.2. The number of halogens is 1. The third-order valence-corrected chi connectivity index (χ3v) is 2.58. The number of carbonyl (C=O) groups excluding carboxylic acids is 1. The van der Waals surface area contributed by atoms with Crippen LogP contribution in [0.5, 0.6) is 5.75 Å². The molecule has 0 fully saturated rings. The van der Waals surface area contributed by atoms with Crippen molar-refractivity contribution in [3.05, 3.63) is 30.1 Å². The first-order chi connectivity index (χ1) is 9.40. The van der Waals surface area contributed by atoms with Gasteiger partial charge >= 0.3 is 5.97 Å². The molecule has 0 aliphatic heterocycles. The Morgan fingerprint density at radius 2 is 2.20 bits per heavy atom. The van der Waals surface area contributed by atoms with Crippen molar-refractivity contribution in [2.24, 2.45) is 5.73 Å². The molecule has 0 heterocycles. The second kappa shape index (κ2) is 7.44. The highest BCUT2D eigenvalue weighted by Gasteiger charge is 2.20. The zero-order valence-electron chi connectivity index (χ0n) is 11.1. The lowest BCUT2D eigenvalue weighted by Gasteiger charge is -2.20. The van der Waals surface area contributed by atoms with Gasteiger partial charge in [-0.2, -0.15) is 0 Å². The summed E-state index contributed by atoms with van der Waals surface area (Å²) in [5.74, 6) is -1.65. The third kappa shape index (κ3) is 5.23. The third-order valence-electron chi connectivity index (χ3n) is 2.58. The number of carbonyl (C=O) groups is 2. The van der Waals surface area contributed by atoms with E-state index in [1.54, 1.807) is 6.07 Å². The fourth-order valence-corrected chi connectivity index (χ4v) is 1.53. The van der Waals surface area contributed by atoms with E-state index in [0.717, 1.165) is 0 Å². The van der Waals surface area contributed by atoms with Crippen molar-refractivity contribution in [1.82, 2.24) is 4.90 Å². The number of amides is 1. The smallest absolute Gasteiger partial charge is 0.305 e. The number of carboxylic acids is 1. The number of likely N-dealkylation sites (N-methyl/N-ethyl adjacent to an activating group) is 1. The molecule has 3 N–H and O–H groups in total. The largest absolute Gasteiger partial charge is 0.492 e. The van der Waals surface area contributed by atoms with Crippen LogP contribution in [-0.2, 0) is 9.59 Å². The summed E-state index contributed by atoms with van der Waals surface area (Å²) in [5.41, 5.74) is 5.46. The van der Waals surface area contributed by atoms with Crippen molar-refractivity contribution in [2.75, 3.05) is 20.2 Å². The SMILES string of the molecule is CN(CCOc1cccc(F)c1)C(=O)C(N)CC(=O)O. The molecule has 0 aliphatic carbocycles. The average molecular weight is 284 g/mol. The summed E-state index contributed by atoms with van der Waals surface area (Å²) >= 11 is 0. The number of benzene rings is 1. The van der Waals surface area contributed by atoms with Crippen LogP contribution in [0.15, 0.2) is 24.3 Å². The first kappa shape index (κ1) is 15.9. The minimum absolute atomic E-state index is 0.158. The van der Waals surface area contributed by atoms with Gasteiger partial charge in [0.05, 0.1) is 19.0 Å². The Morgan fingerprint density at radius 1 is 1.50 bits per heavy atom. The summed E-state index contributed by atoms with van der Waals surface area (Å²) in [6.07, 6.45) is -0.423. The van der Waals surface area contributed by atoms with Crippen LogP contribution in [-0.4, -0.2) is 48.1 Å². The maximum atomic E-state index is 12.9. The second-order valence-corrected chi connectivity index (χ2v) is 4.27. The van der Waals surface area contributed by atoms with Crippen LogP contribution < -0.4 is 10.5 Å². The lowest BCUT2D eigenvalue weighted by Crippen LogP contribution is -2.44. The van der Waals surface area contributed by atoms with Gasteiger partial charge in [-0.1, -0.05) is 6.07 Å². The Hall–Kier alpha value is -2.15. The van der Waals surface area contributed by atoms with Gasteiger partial charge in [0.15, 0.2) is 0 Å². The number of ether oxygens (including phenoxy) is 1. The molecule has 0 aromatic heterocycles. The summed E-state index contributed by atoms with van der Waals surface area (Å²) in [6, 6.07) is 4.57. The Morgan fingerprint density at radius 3 is 2.80 bits per heavy atom. The standard InChI is InChI=1S/C13H17FN2O4/c1-16(13(19)11(15)8-12(17)18)5-6-20-10-4-2-3-9(14)7-10/h2-4,7,11H,5-6,8,15H2,1H3,(H,17,18). The van der Waals surface area contributed by atoms with Crippen LogP contribution in [0.3, 0.4) is 0 Å². The highest BCUT2D eigenvalue weighted by atomic mass is 19.1. The Kier molecular flexibility index (Phi) is 5.92. The molecule has 6 nitrogen and oxygen atoms in total. The molecule has 0 spiro atoms. The molecule has 0 saturated heterocycles. The van der Waals surface area contributed by atoms with Gasteiger partial charge in [0.25, 0.3) is 0 Å². The number of nitrogens with two attached hydrogens (primary N) is 1. The number of aliphatic carboxylic acids is 1. The molecule has 0 saturated carbocycles. The van der Waals surface area contributed by atoms with Crippen LogP contribution >= 0.6 is 0 Å². The quantitative estimate of drug-likeness (QED) is 0.759. The zero-order chi connectivity index (χ0) is 15.1. The Labute approximate surface area is 115 Å². The highest BCUT2D eigenvalue weighted by Crippen LogP contribution is 2.11. The molecule has 1 unspecified atom stereocenters. The van der Waals surface area contributed by atoms with Crippen LogP contribution in [0.25, 0.3) is 0 Å². The molecule has 20 heavy (non-hydrogen) atoms. The first-order valence-corrected chi connectivity index (χ1v) is 6.01. The van der Waals surface area contributed by atoms with Crippen molar-refractivity contribution in [3.8, 4) is 5.75 Å². The van der Waals surface area contributed by atoms with Crippen molar-refractivity contribution >= 4 is 11.9 Å². The van der Waals surface area contributed by atoms with Crippen molar-refractivity contribution in [1.29, 1.82) is 0 Å². The molecular weight excluding hydrogens is 267 g/mol. The fourth-order valence-electron chi connectivity index (χ4n) is 1.53. The van der Waals surface area contributed by atoms with E-state index in [1.165, 1.54) is 30.1 Å². The van der Waals surface area contributed by atoms with Gasteiger partial charge in [-0.3, -0.25) is 9.59 Å². The molecule has 1 rings (SSSR count). The van der Waals surface area contributed by atoms with Gasteiger partial charge in [0, 0.05) is 13.1 Å². The minimum Gasteiger partial charge on any atom is -0.492 e. The van der Waals surface area contributed by atoms with E-state index >= 15 is 0 Å². The molecule has 1 amide bonds. The molecular formula is C13H17FN2O4. The van der Waals surface area contributed by atoms with E-state index in [2.05, 4.69) is 0 Å². The topological polar surface area (TPSA) is 92.9 Å². The molecule has 0 bridgehead atoms. The predicted molar refractivity (Wildman–Crippen MR) is 69.8 cm³/mol. The maximum absolute atomic E-state index is 12.9. The van der Waals surface area contributed by atoms with E-state index in [1.807, 2.05) is 0 Å². The molecule has 110 valence electrons. The van der Waals surface area contributed by atoms with E-state index in [-0.39, 0.29) is 13.2 Å². The van der Waals surface area contributed by atoms with E-state index in [9.17, 15) is 14.0 Å². The number of rotatable bonds is 7. The Bertz CT molecular complexity index is 481. The van der Waals surface area contributed by atoms with Gasteiger partial charge in [-0.25, -0.2) is 4.39 Å². The van der Waals surface area contributed by atoms with Gasteiger partial charge in [-0.15, -0.1) is 0 Å². The van der Waals surface area contributed by atoms with Gasteiger partial charge in [0.2, 0.25) is 5.91 Å². The van der Waals surface area contributed by atoms with E-state index in [4.69, 9.17) is 15.6 Å². The van der Waals surface area contributed by atoms with E-state index < -0.39 is 30.2 Å². The zero-order valence-corrected chi connectivity index (χ0v) is 11.1. The predicted octanol–water partition coefficient (Wildman–Crippen LogP) is 0.465. The molecule has 1 aromatic carbocycles. The summed E-state index contributed by atoms with van der Waals surface area (Å²) in [5, 5.41) is 8.55. The second-order valence-electron chi connectivity index (χ2n) is 4.27. The number of hydrogen-bond donors (Lipinski definition) is 2. The molecule has 1 atom stereocenters. The lowest BCUT2D eigenvalue weighted by atomic mass is 10.2. The lowest BCUT2D eigenvalue weighted by molar-refractivity contribution is -0.141.